The van der Waals surface area contributed by atoms with Crippen LogP contribution in [-0.2, 0) is 18.4 Å². The molecule has 0 spiro atoms. The third-order valence-electron chi connectivity index (χ3n) is 7.84. The van der Waals surface area contributed by atoms with Crippen molar-refractivity contribution in [3.8, 4) is 17.0 Å². The molecule has 1 saturated heterocycles. The average molecular weight is 570 g/mol. The second-order valence-electron chi connectivity index (χ2n) is 10.7. The van der Waals surface area contributed by atoms with E-state index in [2.05, 4.69) is 14.8 Å². The van der Waals surface area contributed by atoms with Gasteiger partial charge in [-0.3, -0.25) is 0 Å². The number of benzene rings is 2. The van der Waals surface area contributed by atoms with Crippen molar-refractivity contribution in [2.75, 3.05) is 18.0 Å². The molecule has 11 heteroatoms. The Morgan fingerprint density at radius 2 is 1.93 bits per heavy atom. The lowest BCUT2D eigenvalue weighted by atomic mass is 10.0. The van der Waals surface area contributed by atoms with Crippen LogP contribution in [0.5, 0.6) is 5.75 Å². The standard InChI is InChI=1S/C30H30F3N3O5/c1-35-16-23(29(37)38)21-11-10-19(15-25(21)35)36-13-4-5-20(12-14-36)39-17-24-27(34-41-28(24)18-8-9-18)22-6-2-3-7-26(22)40-30(31,32)33/h2-3,6-7,10-11,15-16,18,20H,4-5,8-9,12-14,17H2,1H3,(H,37,38). The molecule has 1 aliphatic heterocycles. The number of rotatable bonds is 8. The van der Waals surface area contributed by atoms with Crippen molar-refractivity contribution in [3.63, 3.8) is 0 Å². The number of carboxylic acid groups (broad SMARTS) is 1. The van der Waals surface area contributed by atoms with E-state index in [1.807, 2.05) is 29.8 Å². The van der Waals surface area contributed by atoms with Crippen LogP contribution in [0.25, 0.3) is 22.2 Å². The van der Waals surface area contributed by atoms with Crippen molar-refractivity contribution in [2.45, 2.75) is 57.1 Å². The van der Waals surface area contributed by atoms with Gasteiger partial charge in [0, 0.05) is 54.5 Å². The zero-order chi connectivity index (χ0) is 28.7. The molecule has 0 bridgehead atoms. The smallest absolute Gasteiger partial charge is 0.478 e. The van der Waals surface area contributed by atoms with Crippen molar-refractivity contribution in [1.29, 1.82) is 0 Å². The number of carboxylic acids is 1. The first-order valence-corrected chi connectivity index (χ1v) is 13.7. The van der Waals surface area contributed by atoms with Gasteiger partial charge in [-0.2, -0.15) is 0 Å². The first kappa shape index (κ1) is 27.2. The molecule has 1 aliphatic carbocycles. The van der Waals surface area contributed by atoms with Gasteiger partial charge in [0.1, 0.15) is 17.2 Å². The molecule has 216 valence electrons. The molecule has 2 aromatic heterocycles. The summed E-state index contributed by atoms with van der Waals surface area (Å²) >= 11 is 0. The quantitative estimate of drug-likeness (QED) is 0.247. The molecular formula is C30H30F3N3O5. The predicted octanol–water partition coefficient (Wildman–Crippen LogP) is 6.88. The number of fused-ring (bicyclic) bond motifs is 1. The Hall–Kier alpha value is -3.99. The van der Waals surface area contributed by atoms with Crippen LogP contribution in [-0.4, -0.2) is 46.4 Å². The molecule has 8 nitrogen and oxygen atoms in total. The third-order valence-corrected chi connectivity index (χ3v) is 7.84. The molecule has 6 rings (SSSR count). The first-order chi connectivity index (χ1) is 19.7. The van der Waals surface area contributed by atoms with Gasteiger partial charge in [0.15, 0.2) is 0 Å². The van der Waals surface area contributed by atoms with Crippen molar-refractivity contribution in [3.05, 3.63) is 65.5 Å². The number of aryl methyl sites for hydroxylation is 1. The summed E-state index contributed by atoms with van der Waals surface area (Å²) in [5.41, 5.74) is 3.38. The Kier molecular flexibility index (Phi) is 7.14. The minimum absolute atomic E-state index is 0.0474. The van der Waals surface area contributed by atoms with Crippen LogP contribution in [0.1, 0.15) is 59.7 Å². The zero-order valence-corrected chi connectivity index (χ0v) is 22.5. The van der Waals surface area contributed by atoms with Gasteiger partial charge in [0.25, 0.3) is 0 Å². The monoisotopic (exact) mass is 569 g/mol. The number of aromatic nitrogens is 2. The van der Waals surface area contributed by atoms with Crippen LogP contribution in [0.2, 0.25) is 0 Å². The summed E-state index contributed by atoms with van der Waals surface area (Å²) < 4.78 is 57.4. The van der Waals surface area contributed by atoms with Gasteiger partial charge < -0.3 is 28.6 Å². The number of halogens is 3. The van der Waals surface area contributed by atoms with Gasteiger partial charge in [0.2, 0.25) is 0 Å². The van der Waals surface area contributed by atoms with Crippen LogP contribution >= 0.6 is 0 Å². The maximum absolute atomic E-state index is 13.1. The molecule has 1 saturated carbocycles. The Morgan fingerprint density at radius 1 is 1.12 bits per heavy atom. The highest BCUT2D eigenvalue weighted by molar-refractivity contribution is 6.04. The lowest BCUT2D eigenvalue weighted by molar-refractivity contribution is -0.274. The van der Waals surface area contributed by atoms with Crippen LogP contribution < -0.4 is 9.64 Å². The van der Waals surface area contributed by atoms with Crippen LogP contribution in [0, 0.1) is 0 Å². The van der Waals surface area contributed by atoms with Gasteiger partial charge >= 0.3 is 12.3 Å². The van der Waals surface area contributed by atoms with Crippen molar-refractivity contribution in [1.82, 2.24) is 9.72 Å². The molecule has 4 aromatic rings. The zero-order valence-electron chi connectivity index (χ0n) is 22.5. The van der Waals surface area contributed by atoms with E-state index in [-0.39, 0.29) is 35.5 Å². The number of alkyl halides is 3. The molecule has 2 aliphatic rings. The molecule has 1 unspecified atom stereocenters. The fraction of sp³-hybridized carbons (Fsp3) is 0.400. The predicted molar refractivity (Wildman–Crippen MR) is 145 cm³/mol. The van der Waals surface area contributed by atoms with E-state index < -0.39 is 12.3 Å². The molecule has 1 atom stereocenters. The van der Waals surface area contributed by atoms with Crippen molar-refractivity contribution in [2.24, 2.45) is 7.05 Å². The summed E-state index contributed by atoms with van der Waals surface area (Å²) in [5, 5.41) is 14.4. The topological polar surface area (TPSA) is 90.0 Å². The second-order valence-corrected chi connectivity index (χ2v) is 10.7. The van der Waals surface area contributed by atoms with Crippen molar-refractivity contribution < 1.29 is 37.1 Å². The van der Waals surface area contributed by atoms with Gasteiger partial charge in [-0.25, -0.2) is 4.79 Å². The molecule has 2 aromatic carbocycles. The summed E-state index contributed by atoms with van der Waals surface area (Å²) in [6, 6.07) is 11.8. The Labute approximate surface area is 234 Å². The van der Waals surface area contributed by atoms with Gasteiger partial charge in [0.05, 0.1) is 23.8 Å². The third kappa shape index (κ3) is 5.76. The fourth-order valence-electron chi connectivity index (χ4n) is 5.65. The minimum Gasteiger partial charge on any atom is -0.478 e. The van der Waals surface area contributed by atoms with E-state index in [1.165, 1.54) is 12.1 Å². The van der Waals surface area contributed by atoms with Gasteiger partial charge in [-0.05, 0) is 62.4 Å². The number of ether oxygens (including phenoxy) is 2. The lowest BCUT2D eigenvalue weighted by Gasteiger charge is -2.23. The van der Waals surface area contributed by atoms with E-state index in [4.69, 9.17) is 9.26 Å². The van der Waals surface area contributed by atoms with E-state index in [0.29, 0.717) is 22.4 Å². The Balaban J connectivity index is 1.17. The maximum atomic E-state index is 13.1. The summed E-state index contributed by atoms with van der Waals surface area (Å²) in [7, 11) is 1.84. The summed E-state index contributed by atoms with van der Waals surface area (Å²) in [4.78, 5) is 13.9. The second kappa shape index (κ2) is 10.8. The number of aromatic carboxylic acids is 1. The highest BCUT2D eigenvalue weighted by Crippen LogP contribution is 2.46. The molecular weight excluding hydrogens is 539 g/mol. The maximum Gasteiger partial charge on any atom is 0.573 e. The minimum atomic E-state index is -4.83. The van der Waals surface area contributed by atoms with Crippen LogP contribution in [0.4, 0.5) is 18.9 Å². The summed E-state index contributed by atoms with van der Waals surface area (Å²) in [6.07, 6.45) is 1.13. The first-order valence-electron chi connectivity index (χ1n) is 13.7. The number of para-hydroxylation sites is 1. The fourth-order valence-corrected chi connectivity index (χ4v) is 5.65. The SMILES string of the molecule is Cn1cc(C(=O)O)c2ccc(N3CCCC(OCc4c(-c5ccccc5OC(F)(F)F)noc4C4CC4)CC3)cc21. The van der Waals surface area contributed by atoms with Gasteiger partial charge in [-0.15, -0.1) is 13.2 Å². The van der Waals surface area contributed by atoms with Crippen molar-refractivity contribution >= 4 is 22.6 Å². The normalized spacial score (nSPS) is 18.0. The molecule has 0 amide bonds. The Morgan fingerprint density at radius 3 is 2.68 bits per heavy atom. The van der Waals surface area contributed by atoms with E-state index in [9.17, 15) is 23.1 Å². The summed E-state index contributed by atoms with van der Waals surface area (Å²) in [5.74, 6) is -0.402. The number of hydrogen-bond donors (Lipinski definition) is 1. The van der Waals surface area contributed by atoms with Gasteiger partial charge in [-0.1, -0.05) is 17.3 Å². The van der Waals surface area contributed by atoms with Crippen LogP contribution in [0.15, 0.2) is 53.2 Å². The number of carbonyl (C=O) groups is 1. The molecule has 1 N–H and O–H groups in total. The molecule has 3 heterocycles. The number of anilines is 1. The van der Waals surface area contributed by atoms with Crippen LogP contribution in [0.3, 0.4) is 0 Å². The molecule has 41 heavy (non-hydrogen) atoms. The Bertz CT molecular complexity index is 1570. The molecule has 0 radical (unpaired) electrons. The average Bonchev–Trinajstić information content (AvgIpc) is 3.66. The van der Waals surface area contributed by atoms with E-state index >= 15 is 0 Å². The van der Waals surface area contributed by atoms with E-state index in [1.54, 1.807) is 18.3 Å². The highest BCUT2D eigenvalue weighted by atomic mass is 19.4. The largest absolute Gasteiger partial charge is 0.573 e. The highest BCUT2D eigenvalue weighted by Gasteiger charge is 2.36. The van der Waals surface area contributed by atoms with E-state index in [0.717, 1.165) is 56.4 Å². The number of hydrogen-bond acceptors (Lipinski definition) is 6. The lowest BCUT2D eigenvalue weighted by Crippen LogP contribution is -2.25. The molecule has 2 fully saturated rings. The summed E-state index contributed by atoms with van der Waals surface area (Å²) in [6.45, 7) is 1.76. The number of nitrogens with zero attached hydrogens (tertiary/aromatic N) is 3.